The molecular weight excluding hydrogens is 436 g/mol. The normalized spacial score (nSPS) is 19.5. The van der Waals surface area contributed by atoms with Crippen LogP contribution in [0.1, 0.15) is 44.9 Å². The predicted octanol–water partition coefficient (Wildman–Crippen LogP) is 4.33. The summed E-state index contributed by atoms with van der Waals surface area (Å²) in [5, 5.41) is 5.25. The molecule has 8 heteroatoms. The molecule has 5 rings (SSSR count). The third kappa shape index (κ3) is 4.62. The van der Waals surface area contributed by atoms with Crippen molar-refractivity contribution >= 4 is 33.4 Å². The van der Waals surface area contributed by atoms with E-state index in [0.29, 0.717) is 28.8 Å². The number of anilines is 1. The number of nitrogens with one attached hydrogen (secondary N) is 2. The van der Waals surface area contributed by atoms with Crippen molar-refractivity contribution < 1.29 is 9.53 Å². The summed E-state index contributed by atoms with van der Waals surface area (Å²) in [6.45, 7) is 1.35. The van der Waals surface area contributed by atoms with Gasteiger partial charge in [0.05, 0.1) is 18.5 Å². The number of hydrogen-bond acceptors (Lipinski definition) is 6. The van der Waals surface area contributed by atoms with Gasteiger partial charge >= 0.3 is 0 Å². The molecular formula is C25H30N4O3S. The second-order valence-corrected chi connectivity index (χ2v) is 9.96. The average Bonchev–Trinajstić information content (AvgIpc) is 3.29. The molecule has 3 aromatic rings. The number of aromatic amines is 1. The van der Waals surface area contributed by atoms with Gasteiger partial charge in [-0.3, -0.25) is 14.6 Å². The summed E-state index contributed by atoms with van der Waals surface area (Å²) in [5.74, 6) is 1.37. The van der Waals surface area contributed by atoms with Gasteiger partial charge in [-0.15, -0.1) is 11.3 Å². The van der Waals surface area contributed by atoms with Crippen LogP contribution in [0.2, 0.25) is 0 Å². The number of rotatable bonds is 5. The highest BCUT2D eigenvalue weighted by Gasteiger charge is 2.29. The third-order valence-electron chi connectivity index (χ3n) is 6.84. The van der Waals surface area contributed by atoms with Gasteiger partial charge in [-0.1, -0.05) is 31.4 Å². The van der Waals surface area contributed by atoms with Gasteiger partial charge in [0.2, 0.25) is 11.9 Å². The molecule has 0 spiro atoms. The van der Waals surface area contributed by atoms with E-state index in [1.807, 2.05) is 29.6 Å². The number of aromatic nitrogens is 2. The first-order valence-corrected chi connectivity index (χ1v) is 12.7. The predicted molar refractivity (Wildman–Crippen MR) is 132 cm³/mol. The van der Waals surface area contributed by atoms with Crippen molar-refractivity contribution in [1.29, 1.82) is 0 Å². The second-order valence-electron chi connectivity index (χ2n) is 9.08. The van der Waals surface area contributed by atoms with E-state index in [4.69, 9.17) is 9.72 Å². The maximum absolute atomic E-state index is 12.9. The lowest BCUT2D eigenvalue weighted by atomic mass is 9.93. The van der Waals surface area contributed by atoms with E-state index in [9.17, 15) is 9.59 Å². The summed E-state index contributed by atoms with van der Waals surface area (Å²) in [6.07, 6.45) is 7.60. The highest BCUT2D eigenvalue weighted by Crippen LogP contribution is 2.33. The highest BCUT2D eigenvalue weighted by molar-refractivity contribution is 7.17. The standard InChI is InChI=1S/C25H30N4O3S/c1-32-19-11-5-7-16(13-19)20-15-33-22-21(20)27-25(28-24(22)31)29-12-6-8-17(14-29)23(30)26-18-9-3-2-4-10-18/h5,7,11,13,15,17-18H,2-4,6,8-10,12,14H2,1H3,(H,26,30)(H,27,28,31). The van der Waals surface area contributed by atoms with Gasteiger partial charge in [0, 0.05) is 30.1 Å². The molecule has 2 N–H and O–H groups in total. The van der Waals surface area contributed by atoms with Crippen molar-refractivity contribution in [2.75, 3.05) is 25.1 Å². The molecule has 1 atom stereocenters. The molecule has 0 bridgehead atoms. The van der Waals surface area contributed by atoms with Crippen LogP contribution in [0, 0.1) is 5.92 Å². The van der Waals surface area contributed by atoms with Crippen molar-refractivity contribution in [1.82, 2.24) is 15.3 Å². The molecule has 7 nitrogen and oxygen atoms in total. The molecule has 2 fully saturated rings. The topological polar surface area (TPSA) is 87.3 Å². The van der Waals surface area contributed by atoms with Crippen molar-refractivity contribution in [3.8, 4) is 16.9 Å². The Balaban J connectivity index is 1.39. The van der Waals surface area contributed by atoms with Crippen LogP contribution in [0.5, 0.6) is 5.75 Å². The zero-order chi connectivity index (χ0) is 22.8. The molecule has 2 aromatic heterocycles. The first-order valence-electron chi connectivity index (χ1n) is 11.8. The van der Waals surface area contributed by atoms with Crippen molar-refractivity contribution in [2.24, 2.45) is 5.92 Å². The first kappa shape index (κ1) is 21.9. The van der Waals surface area contributed by atoms with Gasteiger partial charge < -0.3 is 15.0 Å². The molecule has 3 heterocycles. The quantitative estimate of drug-likeness (QED) is 0.585. The van der Waals surface area contributed by atoms with Crippen LogP contribution in [0.25, 0.3) is 21.3 Å². The minimum Gasteiger partial charge on any atom is -0.497 e. The summed E-state index contributed by atoms with van der Waals surface area (Å²) in [7, 11) is 1.64. The summed E-state index contributed by atoms with van der Waals surface area (Å²) in [6, 6.07) is 8.10. The lowest BCUT2D eigenvalue weighted by Crippen LogP contribution is -2.47. The number of ether oxygens (including phenoxy) is 1. The summed E-state index contributed by atoms with van der Waals surface area (Å²) in [4.78, 5) is 35.7. The summed E-state index contributed by atoms with van der Waals surface area (Å²) in [5.41, 5.74) is 2.45. The average molecular weight is 467 g/mol. The van der Waals surface area contributed by atoms with E-state index in [0.717, 1.165) is 49.1 Å². The summed E-state index contributed by atoms with van der Waals surface area (Å²) < 4.78 is 5.98. The lowest BCUT2D eigenvalue weighted by molar-refractivity contribution is -0.126. The largest absolute Gasteiger partial charge is 0.497 e. The molecule has 0 radical (unpaired) electrons. The van der Waals surface area contributed by atoms with Gasteiger partial charge in [-0.2, -0.15) is 0 Å². The van der Waals surface area contributed by atoms with Gasteiger partial charge in [-0.05, 0) is 43.4 Å². The molecule has 174 valence electrons. The van der Waals surface area contributed by atoms with Crippen LogP contribution in [0.3, 0.4) is 0 Å². The molecule has 1 amide bonds. The number of carbonyl (C=O) groups is 1. The number of piperidine rings is 1. The minimum atomic E-state index is -0.136. The number of methoxy groups -OCH3 is 1. The second kappa shape index (κ2) is 9.55. The smallest absolute Gasteiger partial charge is 0.270 e. The van der Waals surface area contributed by atoms with Gasteiger partial charge in [0.15, 0.2) is 0 Å². The Hall–Kier alpha value is -2.87. The van der Waals surface area contributed by atoms with Crippen molar-refractivity contribution in [3.63, 3.8) is 0 Å². The molecule has 1 saturated heterocycles. The number of amides is 1. The molecule has 1 aliphatic heterocycles. The number of nitrogens with zero attached hydrogens (tertiary/aromatic N) is 2. The highest BCUT2D eigenvalue weighted by atomic mass is 32.1. The number of H-pyrrole nitrogens is 1. The van der Waals surface area contributed by atoms with Gasteiger partial charge in [0.25, 0.3) is 5.56 Å². The number of carbonyl (C=O) groups excluding carboxylic acids is 1. The number of fused-ring (bicyclic) bond motifs is 1. The third-order valence-corrected chi connectivity index (χ3v) is 7.81. The first-order chi connectivity index (χ1) is 16.1. The van der Waals surface area contributed by atoms with Crippen molar-refractivity contribution in [2.45, 2.75) is 51.0 Å². The SMILES string of the molecule is COc1cccc(-c2csc3c(=O)[nH]c(N4CCCC(C(=O)NC5CCCCC5)C4)nc23)c1. The fourth-order valence-electron chi connectivity index (χ4n) is 5.01. The Labute approximate surface area is 197 Å². The van der Waals surface area contributed by atoms with Crippen LogP contribution in [0.15, 0.2) is 34.4 Å². The fraction of sp³-hybridized carbons (Fsp3) is 0.480. The number of hydrogen-bond donors (Lipinski definition) is 2. The molecule has 1 unspecified atom stereocenters. The van der Waals surface area contributed by atoms with Gasteiger partial charge in [0.1, 0.15) is 10.4 Å². The molecule has 33 heavy (non-hydrogen) atoms. The molecule has 1 aromatic carbocycles. The van der Waals surface area contributed by atoms with E-state index < -0.39 is 0 Å². The zero-order valence-electron chi connectivity index (χ0n) is 18.9. The maximum Gasteiger partial charge on any atom is 0.270 e. The van der Waals surface area contributed by atoms with Crippen LogP contribution >= 0.6 is 11.3 Å². The molecule has 1 saturated carbocycles. The van der Waals surface area contributed by atoms with Crippen molar-refractivity contribution in [3.05, 3.63) is 40.0 Å². The van der Waals surface area contributed by atoms with E-state index in [1.165, 1.54) is 30.6 Å². The van der Waals surface area contributed by atoms with Crippen LogP contribution in [-0.4, -0.2) is 42.1 Å². The molecule has 2 aliphatic rings. The van der Waals surface area contributed by atoms with Crippen LogP contribution < -0.4 is 20.5 Å². The minimum absolute atomic E-state index is 0.0815. The Morgan fingerprint density at radius 3 is 2.88 bits per heavy atom. The van der Waals surface area contributed by atoms with E-state index in [-0.39, 0.29) is 17.4 Å². The number of benzene rings is 1. The Morgan fingerprint density at radius 1 is 1.21 bits per heavy atom. The Bertz CT molecular complexity index is 1200. The van der Waals surface area contributed by atoms with Crippen LogP contribution in [-0.2, 0) is 4.79 Å². The Kier molecular flexibility index (Phi) is 6.35. The van der Waals surface area contributed by atoms with E-state index >= 15 is 0 Å². The number of thiophene rings is 1. The maximum atomic E-state index is 12.9. The van der Waals surface area contributed by atoms with E-state index in [1.54, 1.807) is 7.11 Å². The summed E-state index contributed by atoms with van der Waals surface area (Å²) >= 11 is 1.40. The fourth-order valence-corrected chi connectivity index (χ4v) is 5.92. The zero-order valence-corrected chi connectivity index (χ0v) is 19.7. The lowest BCUT2D eigenvalue weighted by Gasteiger charge is -2.33. The Morgan fingerprint density at radius 2 is 2.06 bits per heavy atom. The van der Waals surface area contributed by atoms with Gasteiger partial charge in [-0.25, -0.2) is 4.98 Å². The van der Waals surface area contributed by atoms with E-state index in [2.05, 4.69) is 15.2 Å². The van der Waals surface area contributed by atoms with Crippen LogP contribution in [0.4, 0.5) is 5.95 Å². The molecule has 1 aliphatic carbocycles. The monoisotopic (exact) mass is 466 g/mol.